The van der Waals surface area contributed by atoms with Gasteiger partial charge in [-0.15, -0.1) is 0 Å². The lowest BCUT2D eigenvalue weighted by molar-refractivity contribution is -0.118. The van der Waals surface area contributed by atoms with Crippen molar-refractivity contribution < 1.29 is 9.18 Å². The summed E-state index contributed by atoms with van der Waals surface area (Å²) in [6.07, 6.45) is 0. The van der Waals surface area contributed by atoms with Gasteiger partial charge >= 0.3 is 0 Å². The molecule has 20 heavy (non-hydrogen) atoms. The Kier molecular flexibility index (Phi) is 7.01. The number of carbonyl (C=O) groups is 1. The normalized spacial score (nSPS) is 10.4. The first-order valence-electron chi connectivity index (χ1n) is 7.07. The highest BCUT2D eigenvalue weighted by Gasteiger charge is 2.09. The van der Waals surface area contributed by atoms with E-state index in [0.717, 1.165) is 18.7 Å². The molecule has 0 spiro atoms. The second-order valence-electron chi connectivity index (χ2n) is 4.62. The van der Waals surface area contributed by atoms with E-state index in [0.29, 0.717) is 25.3 Å². The maximum atomic E-state index is 13.8. The van der Waals surface area contributed by atoms with E-state index in [9.17, 15) is 9.18 Å². The third-order valence-electron chi connectivity index (χ3n) is 3.12. The van der Waals surface area contributed by atoms with Crippen LogP contribution in [-0.4, -0.2) is 32.1 Å². The maximum Gasteiger partial charge on any atom is 0.216 e. The Morgan fingerprint density at radius 1 is 1.25 bits per heavy atom. The summed E-state index contributed by atoms with van der Waals surface area (Å²) in [5.74, 6) is -0.215. The molecule has 0 fully saturated rings. The minimum absolute atomic E-state index is 0.0302. The summed E-state index contributed by atoms with van der Waals surface area (Å²) < 4.78 is 13.8. The maximum absolute atomic E-state index is 13.8. The van der Waals surface area contributed by atoms with Gasteiger partial charge in [0.25, 0.3) is 0 Å². The summed E-state index contributed by atoms with van der Waals surface area (Å²) in [7, 11) is 0. The highest BCUT2D eigenvalue weighted by atomic mass is 19.1. The first-order valence-corrected chi connectivity index (χ1v) is 7.07. The largest absolute Gasteiger partial charge is 0.370 e. The first-order chi connectivity index (χ1) is 9.58. The molecule has 5 heteroatoms. The van der Waals surface area contributed by atoms with Crippen LogP contribution in [0.1, 0.15) is 26.3 Å². The van der Waals surface area contributed by atoms with Crippen molar-refractivity contribution >= 4 is 11.6 Å². The average Bonchev–Trinajstić information content (AvgIpc) is 2.42. The molecule has 0 aliphatic rings. The standard InChI is InChI=1S/C15H24FN3O/c1-4-19(5-2)15-10-13(6-7-14(15)16)11-17-8-9-18-12(3)20/h6-7,10,17H,4-5,8-9,11H2,1-3H3,(H,18,20). The molecular weight excluding hydrogens is 257 g/mol. The van der Waals surface area contributed by atoms with E-state index in [4.69, 9.17) is 0 Å². The Morgan fingerprint density at radius 2 is 1.95 bits per heavy atom. The van der Waals surface area contributed by atoms with Gasteiger partial charge in [0.15, 0.2) is 0 Å². The lowest BCUT2D eigenvalue weighted by Gasteiger charge is -2.22. The van der Waals surface area contributed by atoms with E-state index in [2.05, 4.69) is 10.6 Å². The predicted molar refractivity (Wildman–Crippen MR) is 80.4 cm³/mol. The quantitative estimate of drug-likeness (QED) is 0.715. The van der Waals surface area contributed by atoms with Crippen molar-refractivity contribution in [3.63, 3.8) is 0 Å². The van der Waals surface area contributed by atoms with Crippen LogP contribution >= 0.6 is 0 Å². The van der Waals surface area contributed by atoms with Crippen molar-refractivity contribution in [2.45, 2.75) is 27.3 Å². The second kappa shape index (κ2) is 8.53. The molecule has 1 aromatic rings. The van der Waals surface area contributed by atoms with E-state index < -0.39 is 0 Å². The SMILES string of the molecule is CCN(CC)c1cc(CNCCNC(C)=O)ccc1F. The molecule has 1 aromatic carbocycles. The molecule has 0 radical (unpaired) electrons. The molecule has 4 nitrogen and oxygen atoms in total. The molecule has 0 atom stereocenters. The Hall–Kier alpha value is -1.62. The number of nitrogens with one attached hydrogen (secondary N) is 2. The molecular formula is C15H24FN3O. The van der Waals surface area contributed by atoms with E-state index in [1.54, 1.807) is 6.07 Å². The van der Waals surface area contributed by atoms with Gasteiger partial charge in [-0.05, 0) is 31.5 Å². The number of nitrogens with zero attached hydrogens (tertiary/aromatic N) is 1. The number of halogens is 1. The van der Waals surface area contributed by atoms with Crippen LogP contribution in [0.2, 0.25) is 0 Å². The third-order valence-corrected chi connectivity index (χ3v) is 3.12. The zero-order valence-electron chi connectivity index (χ0n) is 12.5. The molecule has 2 N–H and O–H groups in total. The molecule has 1 rings (SSSR count). The van der Waals surface area contributed by atoms with Crippen molar-refractivity contribution in [3.05, 3.63) is 29.6 Å². The van der Waals surface area contributed by atoms with Gasteiger partial charge in [-0.2, -0.15) is 0 Å². The summed E-state index contributed by atoms with van der Waals surface area (Å²) in [6, 6.07) is 5.18. The molecule has 1 amide bonds. The van der Waals surface area contributed by atoms with Crippen LogP contribution in [0.4, 0.5) is 10.1 Å². The molecule has 0 aliphatic heterocycles. The fraction of sp³-hybridized carbons (Fsp3) is 0.533. The number of benzene rings is 1. The van der Waals surface area contributed by atoms with E-state index in [1.807, 2.05) is 24.8 Å². The van der Waals surface area contributed by atoms with Gasteiger partial charge in [-0.25, -0.2) is 4.39 Å². The van der Waals surface area contributed by atoms with Gasteiger partial charge in [-0.3, -0.25) is 4.79 Å². The molecule has 0 aliphatic carbocycles. The minimum Gasteiger partial charge on any atom is -0.370 e. The first kappa shape index (κ1) is 16.4. The third kappa shape index (κ3) is 5.17. The average molecular weight is 281 g/mol. The molecule has 0 aromatic heterocycles. The van der Waals surface area contributed by atoms with Crippen LogP contribution in [-0.2, 0) is 11.3 Å². The molecule has 0 saturated carbocycles. The number of hydrogen-bond acceptors (Lipinski definition) is 3. The molecule has 0 heterocycles. The lowest BCUT2D eigenvalue weighted by atomic mass is 10.1. The highest BCUT2D eigenvalue weighted by Crippen LogP contribution is 2.20. The number of rotatable bonds is 8. The lowest BCUT2D eigenvalue weighted by Crippen LogP contribution is -2.30. The fourth-order valence-corrected chi connectivity index (χ4v) is 2.03. The van der Waals surface area contributed by atoms with Crippen molar-refractivity contribution in [1.82, 2.24) is 10.6 Å². The summed E-state index contributed by atoms with van der Waals surface area (Å²) in [4.78, 5) is 12.7. The van der Waals surface area contributed by atoms with Crippen molar-refractivity contribution in [1.29, 1.82) is 0 Å². The Balaban J connectivity index is 2.54. The Bertz CT molecular complexity index is 433. The molecule has 112 valence electrons. The fourth-order valence-electron chi connectivity index (χ4n) is 2.03. The van der Waals surface area contributed by atoms with Crippen LogP contribution in [0.15, 0.2) is 18.2 Å². The van der Waals surface area contributed by atoms with Crippen LogP contribution in [0, 0.1) is 5.82 Å². The van der Waals surface area contributed by atoms with Crippen LogP contribution in [0.3, 0.4) is 0 Å². The van der Waals surface area contributed by atoms with Gasteiger partial charge < -0.3 is 15.5 Å². The number of hydrogen-bond donors (Lipinski definition) is 2. The zero-order valence-corrected chi connectivity index (χ0v) is 12.5. The van der Waals surface area contributed by atoms with E-state index in [-0.39, 0.29) is 11.7 Å². The zero-order chi connectivity index (χ0) is 15.0. The number of carbonyl (C=O) groups excluding carboxylic acids is 1. The van der Waals surface area contributed by atoms with E-state index in [1.165, 1.54) is 13.0 Å². The van der Waals surface area contributed by atoms with Crippen molar-refractivity contribution in [3.8, 4) is 0 Å². The Labute approximate surface area is 120 Å². The van der Waals surface area contributed by atoms with E-state index >= 15 is 0 Å². The minimum atomic E-state index is -0.185. The summed E-state index contributed by atoms with van der Waals surface area (Å²) in [6.45, 7) is 9.05. The van der Waals surface area contributed by atoms with Crippen LogP contribution in [0.25, 0.3) is 0 Å². The number of amides is 1. The van der Waals surface area contributed by atoms with Crippen LogP contribution < -0.4 is 15.5 Å². The summed E-state index contributed by atoms with van der Waals surface area (Å²) >= 11 is 0. The van der Waals surface area contributed by atoms with Crippen LogP contribution in [0.5, 0.6) is 0 Å². The number of anilines is 1. The van der Waals surface area contributed by atoms with Gasteiger partial charge in [0.1, 0.15) is 5.82 Å². The van der Waals surface area contributed by atoms with Crippen molar-refractivity contribution in [2.24, 2.45) is 0 Å². The summed E-state index contributed by atoms with van der Waals surface area (Å²) in [5, 5.41) is 5.94. The van der Waals surface area contributed by atoms with Gasteiger partial charge in [0.05, 0.1) is 5.69 Å². The smallest absolute Gasteiger partial charge is 0.216 e. The van der Waals surface area contributed by atoms with Gasteiger partial charge in [0, 0.05) is 39.6 Å². The monoisotopic (exact) mass is 281 g/mol. The predicted octanol–water partition coefficient (Wildman–Crippen LogP) is 1.90. The van der Waals surface area contributed by atoms with Gasteiger partial charge in [-0.1, -0.05) is 6.07 Å². The topological polar surface area (TPSA) is 44.4 Å². The Morgan fingerprint density at radius 3 is 2.55 bits per heavy atom. The van der Waals surface area contributed by atoms with Gasteiger partial charge in [0.2, 0.25) is 5.91 Å². The molecule has 0 bridgehead atoms. The van der Waals surface area contributed by atoms with Crippen molar-refractivity contribution in [2.75, 3.05) is 31.1 Å². The highest BCUT2D eigenvalue weighted by molar-refractivity contribution is 5.72. The molecule has 0 unspecified atom stereocenters. The summed E-state index contributed by atoms with van der Waals surface area (Å²) in [5.41, 5.74) is 1.69. The molecule has 0 saturated heterocycles. The second-order valence-corrected chi connectivity index (χ2v) is 4.62.